The molecule has 0 spiro atoms. The third kappa shape index (κ3) is 4.49. The van der Waals surface area contributed by atoms with Crippen molar-refractivity contribution in [2.75, 3.05) is 18.9 Å². The number of halogens is 1. The van der Waals surface area contributed by atoms with Crippen molar-refractivity contribution >= 4 is 52.5 Å². The zero-order valence-electron chi connectivity index (χ0n) is 15.3. The topological polar surface area (TPSA) is 135 Å². The van der Waals surface area contributed by atoms with Crippen LogP contribution in [0.25, 0.3) is 5.69 Å². The van der Waals surface area contributed by atoms with Crippen LogP contribution in [0.1, 0.15) is 34.8 Å². The van der Waals surface area contributed by atoms with E-state index < -0.39 is 11.9 Å². The van der Waals surface area contributed by atoms with Crippen LogP contribution in [0.2, 0.25) is 5.02 Å². The Balaban J connectivity index is 2.09. The fourth-order valence-corrected chi connectivity index (χ4v) is 4.14. The van der Waals surface area contributed by atoms with E-state index >= 15 is 0 Å². The van der Waals surface area contributed by atoms with E-state index in [1.165, 1.54) is 4.68 Å². The summed E-state index contributed by atoms with van der Waals surface area (Å²) < 4.78 is 15.6. The number of anilines is 1. The molecule has 0 aliphatic rings. The third-order valence-corrected chi connectivity index (χ3v) is 5.60. The van der Waals surface area contributed by atoms with Gasteiger partial charge in [0, 0.05) is 5.02 Å². The first-order chi connectivity index (χ1) is 14.0. The molecule has 0 aliphatic heterocycles. The van der Waals surface area contributed by atoms with Gasteiger partial charge in [0.2, 0.25) is 5.69 Å². The van der Waals surface area contributed by atoms with Crippen molar-refractivity contribution in [1.82, 2.24) is 24.6 Å². The van der Waals surface area contributed by atoms with Crippen molar-refractivity contribution in [3.63, 3.8) is 0 Å². The Hall–Kier alpha value is -2.70. The lowest BCUT2D eigenvalue weighted by molar-refractivity contribution is 0.0507. The molecule has 29 heavy (non-hydrogen) atoms. The molecule has 0 saturated heterocycles. The minimum Gasteiger partial charge on any atom is -0.461 e. The van der Waals surface area contributed by atoms with Gasteiger partial charge in [-0.1, -0.05) is 33.1 Å². The SMILES string of the molecule is CCOC(=O)c1nnsc1Sc1c(C(=O)OCC)nnn1-c1ccc(Cl)cc1N. The smallest absolute Gasteiger partial charge is 0.361 e. The van der Waals surface area contributed by atoms with Crippen LogP contribution in [-0.4, -0.2) is 49.7 Å². The largest absolute Gasteiger partial charge is 0.461 e. The first-order valence-electron chi connectivity index (χ1n) is 8.31. The van der Waals surface area contributed by atoms with E-state index in [1.54, 1.807) is 32.0 Å². The number of hydrogen-bond acceptors (Lipinski definition) is 11. The van der Waals surface area contributed by atoms with Crippen LogP contribution in [0.4, 0.5) is 5.69 Å². The molecular formula is C16H15ClN6O4S2. The van der Waals surface area contributed by atoms with Gasteiger partial charge in [-0.25, -0.2) is 14.3 Å². The number of nitrogens with zero attached hydrogens (tertiary/aromatic N) is 5. The summed E-state index contributed by atoms with van der Waals surface area (Å²) in [7, 11) is 0. The summed E-state index contributed by atoms with van der Waals surface area (Å²) in [5.41, 5.74) is 6.85. The van der Waals surface area contributed by atoms with Gasteiger partial charge in [-0.05, 0) is 43.6 Å². The number of ether oxygens (including phenoxy) is 2. The van der Waals surface area contributed by atoms with Gasteiger partial charge in [-0.3, -0.25) is 0 Å². The predicted octanol–water partition coefficient (Wildman–Crippen LogP) is 2.86. The monoisotopic (exact) mass is 454 g/mol. The third-order valence-electron chi connectivity index (χ3n) is 3.43. The number of rotatable bonds is 7. The standard InChI is InChI=1S/C16H15ClN6O4S2/c1-3-26-14(24)11-13(28-16-12(20-22-29-16)15(25)27-4-2)23(21-19-11)10-6-5-8(17)7-9(10)18/h5-7H,3-4,18H2,1-2H3. The molecule has 0 radical (unpaired) electrons. The Morgan fingerprint density at radius 1 is 1.17 bits per heavy atom. The Morgan fingerprint density at radius 3 is 2.52 bits per heavy atom. The van der Waals surface area contributed by atoms with E-state index in [4.69, 9.17) is 26.8 Å². The average Bonchev–Trinajstić information content (AvgIpc) is 3.30. The van der Waals surface area contributed by atoms with Crippen LogP contribution in [0.3, 0.4) is 0 Å². The number of hydrogen-bond donors (Lipinski definition) is 1. The van der Waals surface area contributed by atoms with E-state index in [1.807, 2.05) is 0 Å². The van der Waals surface area contributed by atoms with Crippen LogP contribution in [-0.2, 0) is 9.47 Å². The number of carbonyl (C=O) groups excluding carboxylic acids is 2. The molecule has 13 heteroatoms. The Labute approximate surface area is 178 Å². The van der Waals surface area contributed by atoms with Crippen molar-refractivity contribution in [3.05, 3.63) is 34.6 Å². The van der Waals surface area contributed by atoms with Crippen LogP contribution in [0.5, 0.6) is 0 Å². The zero-order valence-corrected chi connectivity index (χ0v) is 17.7. The summed E-state index contributed by atoms with van der Waals surface area (Å²) in [6.45, 7) is 3.72. The van der Waals surface area contributed by atoms with E-state index in [0.29, 0.717) is 20.6 Å². The zero-order chi connectivity index (χ0) is 21.0. The van der Waals surface area contributed by atoms with Gasteiger partial charge in [0.25, 0.3) is 0 Å². The second-order valence-electron chi connectivity index (χ2n) is 5.31. The summed E-state index contributed by atoms with van der Waals surface area (Å²) in [4.78, 5) is 24.5. The van der Waals surface area contributed by atoms with Crippen LogP contribution in [0.15, 0.2) is 27.4 Å². The molecule has 0 bridgehead atoms. The lowest BCUT2D eigenvalue weighted by atomic mass is 10.3. The summed E-state index contributed by atoms with van der Waals surface area (Å²) in [5.74, 6) is -1.28. The van der Waals surface area contributed by atoms with Crippen molar-refractivity contribution in [1.29, 1.82) is 0 Å². The summed E-state index contributed by atoms with van der Waals surface area (Å²) in [6, 6.07) is 4.82. The molecule has 152 valence electrons. The minimum atomic E-state index is -0.663. The maximum Gasteiger partial charge on any atom is 0.361 e. The second kappa shape index (κ2) is 9.20. The van der Waals surface area contributed by atoms with Gasteiger partial charge in [0.1, 0.15) is 9.24 Å². The summed E-state index contributed by atoms with van der Waals surface area (Å²) in [5, 5.41) is 12.5. The van der Waals surface area contributed by atoms with Crippen LogP contribution in [0, 0.1) is 0 Å². The van der Waals surface area contributed by atoms with Gasteiger partial charge in [-0.15, -0.1) is 10.2 Å². The molecule has 2 heterocycles. The molecule has 0 saturated carbocycles. The fraction of sp³-hybridized carbons (Fsp3) is 0.250. The molecule has 0 amide bonds. The van der Waals surface area contributed by atoms with Gasteiger partial charge >= 0.3 is 11.9 Å². The van der Waals surface area contributed by atoms with Gasteiger partial charge in [0.05, 0.1) is 24.6 Å². The van der Waals surface area contributed by atoms with Crippen LogP contribution < -0.4 is 5.73 Å². The van der Waals surface area contributed by atoms with Crippen molar-refractivity contribution in [3.8, 4) is 5.69 Å². The van der Waals surface area contributed by atoms with E-state index in [0.717, 1.165) is 23.3 Å². The molecule has 10 nitrogen and oxygen atoms in total. The number of esters is 2. The van der Waals surface area contributed by atoms with Crippen LogP contribution >= 0.6 is 34.9 Å². The highest BCUT2D eigenvalue weighted by molar-refractivity contribution is 8.01. The Bertz CT molecular complexity index is 1050. The highest BCUT2D eigenvalue weighted by Gasteiger charge is 2.27. The van der Waals surface area contributed by atoms with Gasteiger partial charge in [0.15, 0.2) is 5.69 Å². The van der Waals surface area contributed by atoms with E-state index in [-0.39, 0.29) is 29.6 Å². The van der Waals surface area contributed by atoms with Gasteiger partial charge < -0.3 is 15.2 Å². The molecule has 0 fully saturated rings. The number of aromatic nitrogens is 5. The molecule has 0 aliphatic carbocycles. The van der Waals surface area contributed by atoms with E-state index in [2.05, 4.69) is 19.9 Å². The van der Waals surface area contributed by atoms with Crippen molar-refractivity contribution in [2.24, 2.45) is 0 Å². The minimum absolute atomic E-state index is 0.0330. The van der Waals surface area contributed by atoms with E-state index in [9.17, 15) is 9.59 Å². The molecule has 0 unspecified atom stereocenters. The number of nitrogen functional groups attached to an aromatic ring is 1. The molecule has 3 aromatic rings. The number of benzene rings is 1. The fourth-order valence-electron chi connectivity index (χ4n) is 2.23. The maximum atomic E-state index is 12.4. The highest BCUT2D eigenvalue weighted by Crippen LogP contribution is 2.36. The molecule has 3 rings (SSSR count). The number of carbonyl (C=O) groups is 2. The molecular weight excluding hydrogens is 440 g/mol. The highest BCUT2D eigenvalue weighted by atomic mass is 35.5. The molecule has 1 aromatic carbocycles. The Kier molecular flexibility index (Phi) is 6.67. The average molecular weight is 455 g/mol. The van der Waals surface area contributed by atoms with Crippen molar-refractivity contribution < 1.29 is 19.1 Å². The first-order valence-corrected chi connectivity index (χ1v) is 10.3. The Morgan fingerprint density at radius 2 is 1.86 bits per heavy atom. The maximum absolute atomic E-state index is 12.4. The normalized spacial score (nSPS) is 10.7. The lowest BCUT2D eigenvalue weighted by Gasteiger charge is -2.09. The second-order valence-corrected chi connectivity index (χ2v) is 7.76. The number of nitrogens with two attached hydrogens (primary N) is 1. The predicted molar refractivity (Wildman–Crippen MR) is 107 cm³/mol. The molecule has 2 aromatic heterocycles. The summed E-state index contributed by atoms with van der Waals surface area (Å²) in [6.07, 6.45) is 0. The van der Waals surface area contributed by atoms with Gasteiger partial charge in [-0.2, -0.15) is 0 Å². The quantitative estimate of drug-likeness (QED) is 0.419. The lowest BCUT2D eigenvalue weighted by Crippen LogP contribution is -2.09. The van der Waals surface area contributed by atoms with Crippen molar-refractivity contribution in [2.45, 2.75) is 23.1 Å². The first kappa shape index (κ1) is 21.0. The summed E-state index contributed by atoms with van der Waals surface area (Å²) >= 11 is 7.98. The molecule has 0 atom stereocenters. The molecule has 2 N–H and O–H groups in total.